The van der Waals surface area contributed by atoms with E-state index in [-0.39, 0.29) is 0 Å². The zero-order valence-corrected chi connectivity index (χ0v) is 31.5. The summed E-state index contributed by atoms with van der Waals surface area (Å²) in [6.07, 6.45) is 0. The quantitative estimate of drug-likeness (QED) is 0.175. The fourth-order valence-electron chi connectivity index (χ4n) is 9.04. The Morgan fingerprint density at radius 3 is 1.12 bits per heavy atom. The summed E-state index contributed by atoms with van der Waals surface area (Å²) in [6.45, 7) is 0. The highest BCUT2D eigenvalue weighted by molar-refractivity contribution is 6.11. The molecular formula is C52H31N7. The smallest absolute Gasteiger partial charge is 0.238 e. The molecule has 12 rings (SSSR count). The van der Waals surface area contributed by atoms with Crippen LogP contribution in [0.25, 0.3) is 106 Å². The van der Waals surface area contributed by atoms with Crippen molar-refractivity contribution in [2.24, 2.45) is 0 Å². The summed E-state index contributed by atoms with van der Waals surface area (Å²) in [5, 5.41) is 16.8. The third kappa shape index (κ3) is 4.90. The van der Waals surface area contributed by atoms with E-state index in [1.165, 1.54) is 21.5 Å². The van der Waals surface area contributed by atoms with Gasteiger partial charge in [-0.3, -0.25) is 4.57 Å². The Hall–Kier alpha value is -8.34. The Morgan fingerprint density at radius 2 is 0.695 bits per heavy atom. The van der Waals surface area contributed by atoms with Gasteiger partial charge in [-0.1, -0.05) is 121 Å². The molecule has 0 bridgehead atoms. The summed E-state index contributed by atoms with van der Waals surface area (Å²) in [5.41, 5.74) is 10.4. The van der Waals surface area contributed by atoms with E-state index in [0.717, 1.165) is 66.4 Å². The molecule has 4 aromatic heterocycles. The molecule has 0 spiro atoms. The van der Waals surface area contributed by atoms with Gasteiger partial charge in [0.25, 0.3) is 0 Å². The highest BCUT2D eigenvalue weighted by Gasteiger charge is 2.23. The Balaban J connectivity index is 1.19. The summed E-state index contributed by atoms with van der Waals surface area (Å²) in [7, 11) is 0. The number of rotatable bonds is 5. The van der Waals surface area contributed by atoms with Crippen LogP contribution in [0.5, 0.6) is 0 Å². The van der Waals surface area contributed by atoms with E-state index >= 15 is 0 Å². The Morgan fingerprint density at radius 1 is 0.339 bits per heavy atom. The molecule has 0 aliphatic carbocycles. The van der Waals surface area contributed by atoms with Crippen molar-refractivity contribution >= 4 is 65.4 Å². The Labute approximate surface area is 337 Å². The van der Waals surface area contributed by atoms with Crippen LogP contribution in [0.3, 0.4) is 0 Å². The van der Waals surface area contributed by atoms with Gasteiger partial charge >= 0.3 is 0 Å². The van der Waals surface area contributed by atoms with Crippen LogP contribution in [-0.2, 0) is 0 Å². The second kappa shape index (κ2) is 12.8. The van der Waals surface area contributed by atoms with Crippen molar-refractivity contribution < 1.29 is 0 Å². The molecular weight excluding hydrogens is 723 g/mol. The molecule has 274 valence electrons. The first kappa shape index (κ1) is 32.9. The predicted molar refractivity (Wildman–Crippen MR) is 238 cm³/mol. The SMILES string of the molecule is N#Cc1ccc2c3ccccc3n(-c3nc(-c4ccccc4-n4c5ccccc5c5ccccc54)nc(-c4ccccc4-n4c5ccccc5c5ccccc54)n3)c2c1. The minimum Gasteiger partial charge on any atom is -0.309 e. The number of nitriles is 1. The minimum atomic E-state index is 0.459. The third-order valence-electron chi connectivity index (χ3n) is 11.6. The van der Waals surface area contributed by atoms with E-state index in [2.05, 4.69) is 165 Å². The first-order valence-corrected chi connectivity index (χ1v) is 19.6. The van der Waals surface area contributed by atoms with Gasteiger partial charge in [-0.15, -0.1) is 0 Å². The van der Waals surface area contributed by atoms with Gasteiger partial charge in [0, 0.05) is 43.4 Å². The van der Waals surface area contributed by atoms with Crippen LogP contribution in [0.1, 0.15) is 5.56 Å². The fourth-order valence-corrected chi connectivity index (χ4v) is 9.04. The van der Waals surface area contributed by atoms with Crippen molar-refractivity contribution in [2.45, 2.75) is 0 Å². The number of hydrogen-bond donors (Lipinski definition) is 0. The molecule has 8 aromatic carbocycles. The lowest BCUT2D eigenvalue weighted by molar-refractivity contribution is 0.950. The molecule has 7 nitrogen and oxygen atoms in total. The molecule has 0 saturated carbocycles. The standard InChI is InChI=1S/C52H31N7/c53-32-33-29-30-39-38-19-5-12-26-46(38)59(49(39)31-33)52-55-50(40-20-6-13-27-47(40)57-42-22-8-1-15-34(42)35-16-2-9-23-43(35)57)54-51(56-52)41-21-7-14-28-48(41)58-44-24-10-3-17-36(44)37-18-4-11-25-45(37)58/h1-31H. The number of hydrogen-bond acceptors (Lipinski definition) is 4. The van der Waals surface area contributed by atoms with Crippen LogP contribution in [0.4, 0.5) is 0 Å². The lowest BCUT2D eigenvalue weighted by Crippen LogP contribution is -2.09. The molecule has 0 amide bonds. The van der Waals surface area contributed by atoms with E-state index in [9.17, 15) is 5.26 Å². The zero-order valence-electron chi connectivity index (χ0n) is 31.5. The van der Waals surface area contributed by atoms with Crippen LogP contribution in [-0.4, -0.2) is 28.7 Å². The third-order valence-corrected chi connectivity index (χ3v) is 11.6. The van der Waals surface area contributed by atoms with Gasteiger partial charge < -0.3 is 9.13 Å². The predicted octanol–water partition coefficient (Wildman–Crippen LogP) is 12.4. The molecule has 0 aliphatic heterocycles. The molecule has 0 saturated heterocycles. The summed E-state index contributed by atoms with van der Waals surface area (Å²) in [6, 6.07) is 67.2. The Bertz CT molecular complexity index is 3430. The largest absolute Gasteiger partial charge is 0.309 e. The first-order chi connectivity index (χ1) is 29.2. The van der Waals surface area contributed by atoms with Crippen LogP contribution < -0.4 is 0 Å². The molecule has 4 heterocycles. The lowest BCUT2D eigenvalue weighted by atomic mass is 10.1. The summed E-state index contributed by atoms with van der Waals surface area (Å²) in [4.78, 5) is 16.2. The molecule has 12 aromatic rings. The second-order valence-corrected chi connectivity index (χ2v) is 14.8. The molecule has 0 radical (unpaired) electrons. The zero-order chi connectivity index (χ0) is 39.0. The van der Waals surface area contributed by atoms with E-state index in [4.69, 9.17) is 15.0 Å². The van der Waals surface area contributed by atoms with Crippen molar-refractivity contribution in [3.05, 3.63) is 194 Å². The molecule has 7 heteroatoms. The summed E-state index contributed by atoms with van der Waals surface area (Å²) < 4.78 is 6.70. The normalized spacial score (nSPS) is 11.7. The van der Waals surface area contributed by atoms with E-state index in [1.54, 1.807) is 0 Å². The first-order valence-electron chi connectivity index (χ1n) is 19.6. The van der Waals surface area contributed by atoms with Crippen LogP contribution in [0, 0.1) is 11.3 Å². The minimum absolute atomic E-state index is 0.459. The maximum Gasteiger partial charge on any atom is 0.238 e. The average molecular weight is 754 g/mol. The van der Waals surface area contributed by atoms with E-state index < -0.39 is 0 Å². The van der Waals surface area contributed by atoms with Crippen LogP contribution in [0.2, 0.25) is 0 Å². The summed E-state index contributed by atoms with van der Waals surface area (Å²) >= 11 is 0. The average Bonchev–Trinajstić information content (AvgIpc) is 3.94. The molecule has 59 heavy (non-hydrogen) atoms. The van der Waals surface area contributed by atoms with Gasteiger partial charge in [-0.25, -0.2) is 4.98 Å². The highest BCUT2D eigenvalue weighted by atomic mass is 15.2. The van der Waals surface area contributed by atoms with Gasteiger partial charge in [-0.2, -0.15) is 15.2 Å². The van der Waals surface area contributed by atoms with Crippen molar-refractivity contribution in [2.75, 3.05) is 0 Å². The number of nitrogens with zero attached hydrogens (tertiary/aromatic N) is 7. The van der Waals surface area contributed by atoms with Crippen molar-refractivity contribution in [1.82, 2.24) is 28.7 Å². The molecule has 0 N–H and O–H groups in total. The number of aromatic nitrogens is 6. The van der Waals surface area contributed by atoms with Gasteiger partial charge in [0.15, 0.2) is 11.6 Å². The number of benzene rings is 8. The fraction of sp³-hybridized carbons (Fsp3) is 0. The maximum absolute atomic E-state index is 10.1. The van der Waals surface area contributed by atoms with Gasteiger partial charge in [0.1, 0.15) is 0 Å². The second-order valence-electron chi connectivity index (χ2n) is 14.8. The van der Waals surface area contributed by atoms with Crippen LogP contribution >= 0.6 is 0 Å². The number of fused-ring (bicyclic) bond motifs is 9. The van der Waals surface area contributed by atoms with Crippen molar-refractivity contribution in [3.8, 4) is 46.2 Å². The maximum atomic E-state index is 10.1. The number of para-hydroxylation sites is 7. The monoisotopic (exact) mass is 753 g/mol. The van der Waals surface area contributed by atoms with E-state index in [0.29, 0.717) is 23.2 Å². The highest BCUT2D eigenvalue weighted by Crippen LogP contribution is 2.39. The Kier molecular flexibility index (Phi) is 7.16. The molecule has 0 atom stereocenters. The van der Waals surface area contributed by atoms with E-state index in [1.807, 2.05) is 42.5 Å². The lowest BCUT2D eigenvalue weighted by Gasteiger charge is -2.17. The van der Waals surface area contributed by atoms with Gasteiger partial charge in [0.05, 0.1) is 56.1 Å². The summed E-state index contributed by atoms with van der Waals surface area (Å²) in [5.74, 6) is 1.52. The molecule has 0 unspecified atom stereocenters. The van der Waals surface area contributed by atoms with Gasteiger partial charge in [0.2, 0.25) is 5.95 Å². The topological polar surface area (TPSA) is 77.2 Å². The molecule has 0 fully saturated rings. The van der Waals surface area contributed by atoms with Crippen LogP contribution in [0.15, 0.2) is 188 Å². The van der Waals surface area contributed by atoms with Crippen molar-refractivity contribution in [3.63, 3.8) is 0 Å². The van der Waals surface area contributed by atoms with Crippen molar-refractivity contribution in [1.29, 1.82) is 5.26 Å². The molecule has 0 aliphatic rings. The van der Waals surface area contributed by atoms with Gasteiger partial charge in [-0.05, 0) is 66.7 Å².